The van der Waals surface area contributed by atoms with Crippen LogP contribution in [0.15, 0.2) is 122 Å². The molecule has 2 heterocycles. The number of hydrogen-bond acceptors (Lipinski definition) is 2. The lowest BCUT2D eigenvalue weighted by atomic mass is 10.1. The highest BCUT2D eigenvalue weighted by atomic mass is 14.9. The van der Waals surface area contributed by atoms with E-state index in [1.54, 1.807) is 6.33 Å². The molecule has 0 saturated heterocycles. The van der Waals surface area contributed by atoms with Crippen molar-refractivity contribution >= 4 is 11.0 Å². The van der Waals surface area contributed by atoms with Crippen molar-refractivity contribution in [3.8, 4) is 33.9 Å². The van der Waals surface area contributed by atoms with Crippen molar-refractivity contribution in [2.75, 3.05) is 0 Å². The second kappa shape index (κ2) is 9.14. The standard InChI is InChI=1S/C21H16N2.C7H6N2/c1-4-10-16(11-5-1)19-20(17-12-6-2-7-13-17)23-21(22-19)18-14-8-3-9-15-18;1-2-4-7-6(3-1)8-5-9-7/h1-15H,(H,22,23);1-5H,(H,8,9). The maximum atomic E-state index is 4.87. The molecule has 0 aliphatic heterocycles. The van der Waals surface area contributed by atoms with E-state index in [0.717, 1.165) is 44.9 Å². The summed E-state index contributed by atoms with van der Waals surface area (Å²) in [5.74, 6) is 0.892. The Labute approximate surface area is 186 Å². The molecule has 0 amide bonds. The molecule has 32 heavy (non-hydrogen) atoms. The van der Waals surface area contributed by atoms with Crippen molar-refractivity contribution in [2.24, 2.45) is 0 Å². The molecule has 0 atom stereocenters. The molecule has 0 saturated carbocycles. The summed E-state index contributed by atoms with van der Waals surface area (Å²) in [5.41, 5.74) is 7.50. The Morgan fingerprint density at radius 1 is 0.531 bits per heavy atom. The third kappa shape index (κ3) is 4.20. The van der Waals surface area contributed by atoms with Crippen LogP contribution in [-0.4, -0.2) is 19.9 Å². The van der Waals surface area contributed by atoms with E-state index in [0.29, 0.717) is 0 Å². The summed E-state index contributed by atoms with van der Waals surface area (Å²) in [4.78, 5) is 15.4. The van der Waals surface area contributed by atoms with E-state index in [9.17, 15) is 0 Å². The number of benzene rings is 4. The van der Waals surface area contributed by atoms with Gasteiger partial charge in [0.25, 0.3) is 0 Å². The van der Waals surface area contributed by atoms with Crippen molar-refractivity contribution in [3.63, 3.8) is 0 Å². The molecule has 0 fully saturated rings. The second-order valence-corrected chi connectivity index (χ2v) is 7.33. The Bertz CT molecular complexity index is 1310. The van der Waals surface area contributed by atoms with E-state index in [2.05, 4.69) is 51.4 Å². The third-order valence-electron chi connectivity index (χ3n) is 5.19. The number of aromatic amines is 2. The summed E-state index contributed by atoms with van der Waals surface area (Å²) in [6.07, 6.45) is 1.70. The van der Waals surface area contributed by atoms with Gasteiger partial charge in [-0.2, -0.15) is 0 Å². The molecule has 2 aromatic heterocycles. The molecular weight excluding hydrogens is 392 g/mol. The first kappa shape index (κ1) is 19.5. The number of nitrogens with one attached hydrogen (secondary N) is 2. The SMILES string of the molecule is c1ccc(-c2nc(-c3ccccc3)c(-c3ccccc3)[nH]2)cc1.c1ccc2[nH]cnc2c1. The van der Waals surface area contributed by atoms with Crippen LogP contribution in [-0.2, 0) is 0 Å². The summed E-state index contributed by atoms with van der Waals surface area (Å²) in [6.45, 7) is 0. The number of rotatable bonds is 3. The minimum Gasteiger partial charge on any atom is -0.345 e. The van der Waals surface area contributed by atoms with Crippen LogP contribution < -0.4 is 0 Å². The van der Waals surface area contributed by atoms with Crippen molar-refractivity contribution in [1.82, 2.24) is 19.9 Å². The lowest BCUT2D eigenvalue weighted by Gasteiger charge is -2.02. The Hall–Kier alpha value is -4.44. The lowest BCUT2D eigenvalue weighted by Crippen LogP contribution is -1.82. The number of fused-ring (bicyclic) bond motifs is 1. The molecule has 4 nitrogen and oxygen atoms in total. The Balaban J connectivity index is 0.000000199. The summed E-state index contributed by atoms with van der Waals surface area (Å²) >= 11 is 0. The fraction of sp³-hybridized carbons (Fsp3) is 0. The molecule has 2 N–H and O–H groups in total. The molecule has 6 rings (SSSR count). The molecule has 0 unspecified atom stereocenters. The molecule has 0 aliphatic rings. The van der Waals surface area contributed by atoms with Gasteiger partial charge in [-0.25, -0.2) is 9.97 Å². The Kier molecular flexibility index (Phi) is 5.58. The normalized spacial score (nSPS) is 10.5. The van der Waals surface area contributed by atoms with Gasteiger partial charge in [0.15, 0.2) is 0 Å². The van der Waals surface area contributed by atoms with Crippen LogP contribution in [0.2, 0.25) is 0 Å². The van der Waals surface area contributed by atoms with Crippen molar-refractivity contribution in [1.29, 1.82) is 0 Å². The predicted molar refractivity (Wildman–Crippen MR) is 131 cm³/mol. The minimum atomic E-state index is 0.892. The molecule has 0 aliphatic carbocycles. The van der Waals surface area contributed by atoms with Crippen LogP contribution in [0, 0.1) is 0 Å². The Morgan fingerprint density at radius 3 is 1.75 bits per heavy atom. The van der Waals surface area contributed by atoms with Crippen LogP contribution in [0.5, 0.6) is 0 Å². The quantitative estimate of drug-likeness (QED) is 0.328. The van der Waals surface area contributed by atoms with E-state index in [4.69, 9.17) is 4.98 Å². The fourth-order valence-electron chi connectivity index (χ4n) is 3.60. The van der Waals surface area contributed by atoms with E-state index >= 15 is 0 Å². The van der Waals surface area contributed by atoms with Gasteiger partial charge in [0.1, 0.15) is 5.82 Å². The van der Waals surface area contributed by atoms with Crippen LogP contribution in [0.25, 0.3) is 44.9 Å². The zero-order valence-electron chi connectivity index (χ0n) is 17.4. The van der Waals surface area contributed by atoms with Gasteiger partial charge in [-0.1, -0.05) is 103 Å². The number of H-pyrrole nitrogens is 2. The number of nitrogens with zero attached hydrogens (tertiary/aromatic N) is 2. The number of imidazole rings is 2. The van der Waals surface area contributed by atoms with Crippen molar-refractivity contribution in [2.45, 2.75) is 0 Å². The van der Waals surface area contributed by atoms with Gasteiger partial charge in [0, 0.05) is 16.7 Å². The van der Waals surface area contributed by atoms with Gasteiger partial charge in [0.2, 0.25) is 0 Å². The molecule has 0 spiro atoms. The second-order valence-electron chi connectivity index (χ2n) is 7.33. The number of aromatic nitrogens is 4. The maximum Gasteiger partial charge on any atom is 0.138 e. The van der Waals surface area contributed by atoms with Gasteiger partial charge < -0.3 is 9.97 Å². The zero-order valence-corrected chi connectivity index (χ0v) is 17.4. The van der Waals surface area contributed by atoms with Crippen molar-refractivity contribution < 1.29 is 0 Å². The monoisotopic (exact) mass is 414 g/mol. The molecule has 0 radical (unpaired) electrons. The van der Waals surface area contributed by atoms with Crippen LogP contribution in [0.4, 0.5) is 0 Å². The molecule has 4 aromatic carbocycles. The van der Waals surface area contributed by atoms with Crippen LogP contribution >= 0.6 is 0 Å². The smallest absolute Gasteiger partial charge is 0.138 e. The van der Waals surface area contributed by atoms with E-state index in [-0.39, 0.29) is 0 Å². The van der Waals surface area contributed by atoms with E-state index < -0.39 is 0 Å². The molecule has 0 bridgehead atoms. The van der Waals surface area contributed by atoms with Gasteiger partial charge >= 0.3 is 0 Å². The van der Waals surface area contributed by atoms with Gasteiger partial charge in [0.05, 0.1) is 28.7 Å². The number of hydrogen-bond donors (Lipinski definition) is 2. The van der Waals surface area contributed by atoms with Crippen LogP contribution in [0.1, 0.15) is 0 Å². The minimum absolute atomic E-state index is 0.892. The summed E-state index contributed by atoms with van der Waals surface area (Å²) in [5, 5.41) is 0. The first-order chi connectivity index (χ1) is 15.9. The summed E-state index contributed by atoms with van der Waals surface area (Å²) in [6, 6.07) is 38.8. The molecular formula is C28H22N4. The van der Waals surface area contributed by atoms with Gasteiger partial charge in [-0.05, 0) is 12.1 Å². The summed E-state index contributed by atoms with van der Waals surface area (Å²) < 4.78 is 0. The third-order valence-corrected chi connectivity index (χ3v) is 5.19. The van der Waals surface area contributed by atoms with Crippen LogP contribution in [0.3, 0.4) is 0 Å². The fourth-order valence-corrected chi connectivity index (χ4v) is 3.60. The molecule has 154 valence electrons. The maximum absolute atomic E-state index is 4.87. The first-order valence-corrected chi connectivity index (χ1v) is 10.5. The average molecular weight is 415 g/mol. The van der Waals surface area contributed by atoms with E-state index in [1.165, 1.54) is 0 Å². The van der Waals surface area contributed by atoms with Gasteiger partial charge in [-0.3, -0.25) is 0 Å². The number of para-hydroxylation sites is 2. The zero-order chi connectivity index (χ0) is 21.6. The van der Waals surface area contributed by atoms with Gasteiger partial charge in [-0.15, -0.1) is 0 Å². The highest BCUT2D eigenvalue weighted by Gasteiger charge is 2.14. The van der Waals surface area contributed by atoms with Crippen molar-refractivity contribution in [3.05, 3.63) is 122 Å². The topological polar surface area (TPSA) is 57.4 Å². The highest BCUT2D eigenvalue weighted by Crippen LogP contribution is 2.32. The van der Waals surface area contributed by atoms with E-state index in [1.807, 2.05) is 78.9 Å². The predicted octanol–water partition coefficient (Wildman–Crippen LogP) is 6.97. The average Bonchev–Trinajstić information content (AvgIpc) is 3.54. The highest BCUT2D eigenvalue weighted by molar-refractivity contribution is 5.81. The lowest BCUT2D eigenvalue weighted by molar-refractivity contribution is 1.31. The molecule has 4 heteroatoms. The molecule has 6 aromatic rings. The summed E-state index contributed by atoms with van der Waals surface area (Å²) in [7, 11) is 0. The Morgan fingerprint density at radius 2 is 1.09 bits per heavy atom. The largest absolute Gasteiger partial charge is 0.345 e. The first-order valence-electron chi connectivity index (χ1n) is 10.5.